The molecule has 0 radical (unpaired) electrons. The maximum atomic E-state index is 8.66. The summed E-state index contributed by atoms with van der Waals surface area (Å²) in [5.74, 6) is 0.342. The van der Waals surface area contributed by atoms with Crippen LogP contribution in [-0.4, -0.2) is 22.4 Å². The Morgan fingerprint density at radius 3 is 2.93 bits per heavy atom. The number of para-hydroxylation sites is 1. The Morgan fingerprint density at radius 1 is 1.43 bits per heavy atom. The fourth-order valence-electron chi connectivity index (χ4n) is 1.12. The molecule has 2 rings (SSSR count). The minimum absolute atomic E-state index is 0.342. The molecule has 2 aromatic rings. The van der Waals surface area contributed by atoms with Crippen LogP contribution in [0, 0.1) is 0 Å². The molecule has 2 N–H and O–H groups in total. The first-order valence-electron chi connectivity index (χ1n) is 3.78. The molecule has 0 aliphatic rings. The summed E-state index contributed by atoms with van der Waals surface area (Å²) in [6, 6.07) is 5.24. The molecule has 0 saturated heterocycles. The van der Waals surface area contributed by atoms with Gasteiger partial charge in [0.25, 0.3) is 0 Å². The van der Waals surface area contributed by atoms with Gasteiger partial charge in [-0.15, -0.1) is 24.0 Å². The topological polar surface area (TPSA) is 62.6 Å². The molecule has 7 heteroatoms. The van der Waals surface area contributed by atoms with Crippen LogP contribution in [0.5, 0.6) is 5.75 Å². The number of thiazole rings is 1. The largest absolute Gasteiger partial charge is 0.707 e. The van der Waals surface area contributed by atoms with Crippen LogP contribution in [0.4, 0.5) is 0 Å². The predicted molar refractivity (Wildman–Crippen MR) is 57.7 cm³/mol. The van der Waals surface area contributed by atoms with Crippen LogP contribution in [0.25, 0.3) is 10.2 Å². The van der Waals surface area contributed by atoms with Gasteiger partial charge in [0.2, 0.25) is 0 Å². The lowest BCUT2D eigenvalue weighted by atomic mass is 10.2. The minimum atomic E-state index is -1.83. The van der Waals surface area contributed by atoms with E-state index in [2.05, 4.69) is 17.6 Å². The Kier molecular flexibility index (Phi) is 2.64. The van der Waals surface area contributed by atoms with Crippen molar-refractivity contribution in [3.05, 3.63) is 18.2 Å². The number of benzene rings is 1. The van der Waals surface area contributed by atoms with Crippen molar-refractivity contribution < 1.29 is 14.7 Å². The number of aromatic nitrogens is 1. The molecule has 0 amide bonds. The van der Waals surface area contributed by atoms with Gasteiger partial charge in [0, 0.05) is 0 Å². The summed E-state index contributed by atoms with van der Waals surface area (Å²) in [5, 5.41) is 17.3. The van der Waals surface area contributed by atoms with Crippen LogP contribution in [0.15, 0.2) is 22.5 Å². The van der Waals surface area contributed by atoms with E-state index in [1.165, 1.54) is 11.3 Å². The van der Waals surface area contributed by atoms with E-state index in [1.807, 2.05) is 6.07 Å². The Balaban J connectivity index is 2.53. The van der Waals surface area contributed by atoms with E-state index in [9.17, 15) is 0 Å². The maximum absolute atomic E-state index is 8.66. The SMILES string of the molecule is OB(O)Oc1cccc2sc(S)nc12. The first kappa shape index (κ1) is 9.79. The van der Waals surface area contributed by atoms with Crippen molar-refractivity contribution in [1.29, 1.82) is 0 Å². The van der Waals surface area contributed by atoms with E-state index in [0.29, 0.717) is 15.6 Å². The maximum Gasteiger partial charge on any atom is 0.707 e. The van der Waals surface area contributed by atoms with Crippen LogP contribution in [0.1, 0.15) is 0 Å². The van der Waals surface area contributed by atoms with Gasteiger partial charge in [-0.3, -0.25) is 0 Å². The van der Waals surface area contributed by atoms with Gasteiger partial charge in [-0.25, -0.2) is 4.98 Å². The van der Waals surface area contributed by atoms with Gasteiger partial charge in [-0.05, 0) is 12.1 Å². The summed E-state index contributed by atoms with van der Waals surface area (Å²) in [6.45, 7) is 0. The molecule has 1 heterocycles. The smallest absolute Gasteiger partial charge is 0.510 e. The lowest BCUT2D eigenvalue weighted by molar-refractivity contribution is 0.289. The number of thiol groups is 1. The molecule has 0 aliphatic heterocycles. The third kappa shape index (κ3) is 1.85. The van der Waals surface area contributed by atoms with Gasteiger partial charge in [0.05, 0.1) is 4.70 Å². The first-order chi connectivity index (χ1) is 6.66. The summed E-state index contributed by atoms with van der Waals surface area (Å²) in [4.78, 5) is 4.10. The molecule has 1 aromatic heterocycles. The van der Waals surface area contributed by atoms with E-state index >= 15 is 0 Å². The highest BCUT2D eigenvalue weighted by Gasteiger charge is 2.15. The van der Waals surface area contributed by atoms with Gasteiger partial charge in [0.1, 0.15) is 15.6 Å². The van der Waals surface area contributed by atoms with Gasteiger partial charge in [-0.1, -0.05) is 6.07 Å². The monoisotopic (exact) mass is 227 g/mol. The Bertz CT molecular complexity index is 459. The molecule has 72 valence electrons. The van der Waals surface area contributed by atoms with Crippen molar-refractivity contribution in [3.8, 4) is 5.75 Å². The fourth-order valence-corrected chi connectivity index (χ4v) is 2.24. The van der Waals surface area contributed by atoms with E-state index in [4.69, 9.17) is 14.7 Å². The molecular formula is C7H6BNO3S2. The van der Waals surface area contributed by atoms with Crippen LogP contribution in [0.3, 0.4) is 0 Å². The van der Waals surface area contributed by atoms with Crippen LogP contribution in [-0.2, 0) is 0 Å². The quantitative estimate of drug-likeness (QED) is 0.527. The molecule has 0 atom stereocenters. The second-order valence-electron chi connectivity index (χ2n) is 2.54. The molecule has 4 nitrogen and oxygen atoms in total. The molecule has 0 aliphatic carbocycles. The highest BCUT2D eigenvalue weighted by Crippen LogP contribution is 2.31. The van der Waals surface area contributed by atoms with Gasteiger partial charge < -0.3 is 14.7 Å². The van der Waals surface area contributed by atoms with E-state index < -0.39 is 7.32 Å². The number of hydrogen-bond donors (Lipinski definition) is 3. The van der Waals surface area contributed by atoms with Crippen LogP contribution >= 0.6 is 24.0 Å². The van der Waals surface area contributed by atoms with E-state index in [1.54, 1.807) is 12.1 Å². The highest BCUT2D eigenvalue weighted by molar-refractivity contribution is 7.82. The molecule has 0 spiro atoms. The molecule has 0 bridgehead atoms. The Labute approximate surface area is 89.8 Å². The fraction of sp³-hybridized carbons (Fsp3) is 0. The molecular weight excluding hydrogens is 221 g/mol. The molecule has 0 fully saturated rings. The van der Waals surface area contributed by atoms with Crippen molar-refractivity contribution in [2.45, 2.75) is 4.34 Å². The summed E-state index contributed by atoms with van der Waals surface area (Å²) in [7, 11) is -1.83. The van der Waals surface area contributed by atoms with Crippen LogP contribution in [0.2, 0.25) is 0 Å². The summed E-state index contributed by atoms with van der Waals surface area (Å²) >= 11 is 5.51. The summed E-state index contributed by atoms with van der Waals surface area (Å²) in [6.07, 6.45) is 0. The summed E-state index contributed by atoms with van der Waals surface area (Å²) < 4.78 is 6.27. The average molecular weight is 227 g/mol. The highest BCUT2D eigenvalue weighted by atomic mass is 32.2. The third-order valence-corrected chi connectivity index (χ3v) is 2.80. The zero-order valence-electron chi connectivity index (χ0n) is 6.91. The van der Waals surface area contributed by atoms with Crippen LogP contribution < -0.4 is 4.65 Å². The standard InChI is InChI=1S/C7H6BNO3S2/c10-8(11)12-4-2-1-3-5-6(4)9-7(13)14-5/h1-3,10-11H,(H,9,13). The van der Waals surface area contributed by atoms with Gasteiger partial charge >= 0.3 is 7.32 Å². The number of rotatable bonds is 2. The Morgan fingerprint density at radius 2 is 2.21 bits per heavy atom. The normalized spacial score (nSPS) is 10.5. The predicted octanol–water partition coefficient (Wildman–Crippen LogP) is 0.933. The first-order valence-corrected chi connectivity index (χ1v) is 5.04. The minimum Gasteiger partial charge on any atom is -0.510 e. The number of hydrogen-bond acceptors (Lipinski definition) is 6. The van der Waals surface area contributed by atoms with E-state index in [-0.39, 0.29) is 0 Å². The molecule has 0 unspecified atom stereocenters. The second kappa shape index (κ2) is 3.78. The van der Waals surface area contributed by atoms with Crippen molar-refractivity contribution >= 4 is 41.5 Å². The number of nitrogens with zero attached hydrogens (tertiary/aromatic N) is 1. The van der Waals surface area contributed by atoms with Crippen molar-refractivity contribution in [2.24, 2.45) is 0 Å². The second-order valence-corrected chi connectivity index (χ2v) is 4.30. The van der Waals surface area contributed by atoms with E-state index in [0.717, 1.165) is 4.70 Å². The third-order valence-electron chi connectivity index (χ3n) is 1.60. The van der Waals surface area contributed by atoms with Crippen molar-refractivity contribution in [2.75, 3.05) is 0 Å². The van der Waals surface area contributed by atoms with Crippen molar-refractivity contribution in [1.82, 2.24) is 4.98 Å². The van der Waals surface area contributed by atoms with Gasteiger partial charge in [-0.2, -0.15) is 0 Å². The lowest BCUT2D eigenvalue weighted by Gasteiger charge is -2.03. The lowest BCUT2D eigenvalue weighted by Crippen LogP contribution is -2.20. The zero-order valence-corrected chi connectivity index (χ0v) is 8.63. The van der Waals surface area contributed by atoms with Crippen molar-refractivity contribution in [3.63, 3.8) is 0 Å². The Hall–Kier alpha value is -0.755. The molecule has 1 aromatic carbocycles. The average Bonchev–Trinajstić information content (AvgIpc) is 2.45. The summed E-state index contributed by atoms with van der Waals surface area (Å²) in [5.41, 5.74) is 0.593. The number of fused-ring (bicyclic) bond motifs is 1. The van der Waals surface area contributed by atoms with Gasteiger partial charge in [0.15, 0.2) is 0 Å². The molecule has 14 heavy (non-hydrogen) atoms. The zero-order chi connectivity index (χ0) is 10.1. The molecule has 0 saturated carbocycles.